The Hall–Kier alpha value is -2.14. The minimum absolute atomic E-state index is 0.00901. The van der Waals surface area contributed by atoms with Crippen molar-refractivity contribution in [2.45, 2.75) is 50.5 Å². The minimum Gasteiger partial charge on any atom is -0.323 e. The van der Waals surface area contributed by atoms with Crippen LogP contribution in [0.3, 0.4) is 0 Å². The van der Waals surface area contributed by atoms with Crippen LogP contribution >= 0.6 is 0 Å². The summed E-state index contributed by atoms with van der Waals surface area (Å²) in [5, 5.41) is 3.04. The Bertz CT molecular complexity index is 705. The number of hydrogen-bond acceptors (Lipinski definition) is 2. The molecule has 2 N–H and O–H groups in total. The molecule has 3 aliphatic rings. The van der Waals surface area contributed by atoms with Crippen LogP contribution in [-0.4, -0.2) is 42.1 Å². The number of amides is 3. The van der Waals surface area contributed by atoms with Gasteiger partial charge in [-0.3, -0.25) is 4.79 Å². The van der Waals surface area contributed by atoms with E-state index in [4.69, 9.17) is 0 Å². The van der Waals surface area contributed by atoms with Crippen LogP contribution in [0.25, 0.3) is 5.57 Å². The molecule has 26 heavy (non-hydrogen) atoms. The van der Waals surface area contributed by atoms with E-state index < -0.39 is 5.54 Å². The van der Waals surface area contributed by atoms with Crippen molar-refractivity contribution in [2.24, 2.45) is 0 Å². The van der Waals surface area contributed by atoms with Crippen LogP contribution < -0.4 is 10.2 Å². The Morgan fingerprint density at radius 2 is 1.77 bits per heavy atom. The molecule has 1 spiro atoms. The smallest absolute Gasteiger partial charge is 0.323 e. The first-order valence-corrected chi connectivity index (χ1v) is 9.90. The van der Waals surface area contributed by atoms with E-state index in [1.54, 1.807) is 0 Å². The number of carbonyl (C=O) groups is 2. The molecule has 1 unspecified atom stereocenters. The van der Waals surface area contributed by atoms with Gasteiger partial charge in [0, 0.05) is 6.42 Å². The van der Waals surface area contributed by atoms with Gasteiger partial charge in [-0.15, -0.1) is 0 Å². The third-order valence-corrected chi connectivity index (χ3v) is 6.11. The molecule has 4 rings (SSSR count). The molecule has 1 saturated carbocycles. The summed E-state index contributed by atoms with van der Waals surface area (Å²) in [6, 6.07) is 10.3. The molecule has 0 aromatic heterocycles. The number of quaternary nitrogens is 1. The van der Waals surface area contributed by atoms with Gasteiger partial charge in [0.05, 0.1) is 13.1 Å². The molecular formula is C21H28N3O2+. The fourth-order valence-electron chi connectivity index (χ4n) is 4.56. The van der Waals surface area contributed by atoms with E-state index in [1.165, 1.54) is 20.9 Å². The minimum atomic E-state index is -0.617. The van der Waals surface area contributed by atoms with E-state index in [0.717, 1.165) is 58.0 Å². The van der Waals surface area contributed by atoms with Crippen LogP contribution in [0.2, 0.25) is 0 Å². The van der Waals surface area contributed by atoms with Gasteiger partial charge in [0.15, 0.2) is 6.67 Å². The first-order valence-electron chi connectivity index (χ1n) is 9.90. The van der Waals surface area contributed by atoms with Gasteiger partial charge >= 0.3 is 6.03 Å². The SMILES string of the molecule is O=C1NC2(CCCCCC2)C(=O)N1C[NH+]1CC=C(c2ccccc2)CC1. The zero-order valence-electron chi connectivity index (χ0n) is 15.3. The van der Waals surface area contributed by atoms with Crippen molar-refractivity contribution in [1.82, 2.24) is 10.2 Å². The summed E-state index contributed by atoms with van der Waals surface area (Å²) in [4.78, 5) is 28.3. The van der Waals surface area contributed by atoms with E-state index in [-0.39, 0.29) is 11.9 Å². The molecule has 0 bridgehead atoms. The van der Waals surface area contributed by atoms with E-state index in [2.05, 4.69) is 35.7 Å². The van der Waals surface area contributed by atoms with Gasteiger partial charge in [-0.05, 0) is 30.1 Å². The molecule has 1 atom stereocenters. The second kappa shape index (κ2) is 7.23. The largest absolute Gasteiger partial charge is 0.329 e. The molecule has 5 heteroatoms. The Morgan fingerprint density at radius 3 is 2.42 bits per heavy atom. The number of nitrogens with one attached hydrogen (secondary N) is 2. The zero-order chi connectivity index (χ0) is 18.0. The third-order valence-electron chi connectivity index (χ3n) is 6.11. The summed E-state index contributed by atoms with van der Waals surface area (Å²) in [5.74, 6) is 0.00901. The summed E-state index contributed by atoms with van der Waals surface area (Å²) < 4.78 is 0. The van der Waals surface area contributed by atoms with Gasteiger partial charge in [0.2, 0.25) is 0 Å². The summed E-state index contributed by atoms with van der Waals surface area (Å²) in [6.45, 7) is 2.28. The van der Waals surface area contributed by atoms with Gasteiger partial charge in [-0.2, -0.15) is 0 Å². The fraction of sp³-hybridized carbons (Fsp3) is 0.524. The number of nitrogens with zero attached hydrogens (tertiary/aromatic N) is 1. The fourth-order valence-corrected chi connectivity index (χ4v) is 4.56. The first-order chi connectivity index (χ1) is 12.7. The number of carbonyl (C=O) groups excluding carboxylic acids is 2. The second-order valence-electron chi connectivity index (χ2n) is 7.87. The highest BCUT2D eigenvalue weighted by Gasteiger charge is 2.51. The summed E-state index contributed by atoms with van der Waals surface area (Å²) in [5.41, 5.74) is 2.03. The molecule has 1 saturated heterocycles. The highest BCUT2D eigenvalue weighted by molar-refractivity contribution is 6.06. The number of rotatable bonds is 3. The molecular weight excluding hydrogens is 326 g/mol. The maximum atomic E-state index is 13.0. The molecule has 1 aliphatic carbocycles. The van der Waals surface area contributed by atoms with E-state index in [0.29, 0.717) is 6.67 Å². The van der Waals surface area contributed by atoms with E-state index in [9.17, 15) is 9.59 Å². The lowest BCUT2D eigenvalue weighted by molar-refractivity contribution is -0.902. The average molecular weight is 354 g/mol. The van der Waals surface area contributed by atoms with E-state index in [1.807, 2.05) is 6.07 Å². The summed E-state index contributed by atoms with van der Waals surface area (Å²) in [7, 11) is 0. The normalized spacial score (nSPS) is 25.8. The number of hydrogen-bond donors (Lipinski definition) is 2. The molecule has 138 valence electrons. The molecule has 2 heterocycles. The first kappa shape index (κ1) is 17.3. The topological polar surface area (TPSA) is 53.9 Å². The molecule has 3 amide bonds. The molecule has 0 radical (unpaired) electrons. The molecule has 2 fully saturated rings. The molecule has 5 nitrogen and oxygen atoms in total. The third kappa shape index (κ3) is 3.28. The van der Waals surface area contributed by atoms with Crippen LogP contribution in [0, 0.1) is 0 Å². The second-order valence-corrected chi connectivity index (χ2v) is 7.87. The zero-order valence-corrected chi connectivity index (χ0v) is 15.3. The van der Waals surface area contributed by atoms with Crippen molar-refractivity contribution in [3.8, 4) is 0 Å². The van der Waals surface area contributed by atoms with Crippen molar-refractivity contribution in [3.05, 3.63) is 42.0 Å². The van der Waals surface area contributed by atoms with Crippen LogP contribution in [-0.2, 0) is 4.79 Å². The maximum absolute atomic E-state index is 13.0. The summed E-state index contributed by atoms with van der Waals surface area (Å²) >= 11 is 0. The Balaban J connectivity index is 1.41. The Labute approximate surface area is 155 Å². The molecule has 1 aromatic carbocycles. The van der Waals surface area contributed by atoms with Gasteiger partial charge in [0.1, 0.15) is 5.54 Å². The number of benzene rings is 1. The summed E-state index contributed by atoms with van der Waals surface area (Å²) in [6.07, 6.45) is 9.20. The number of urea groups is 1. The van der Waals surface area contributed by atoms with Crippen LogP contribution in [0.5, 0.6) is 0 Å². The van der Waals surface area contributed by atoms with Crippen molar-refractivity contribution < 1.29 is 14.5 Å². The average Bonchev–Trinajstić information content (AvgIpc) is 2.84. The van der Waals surface area contributed by atoms with Crippen LogP contribution in [0.15, 0.2) is 36.4 Å². The van der Waals surface area contributed by atoms with Gasteiger partial charge in [0.25, 0.3) is 5.91 Å². The van der Waals surface area contributed by atoms with Crippen LogP contribution in [0.1, 0.15) is 50.5 Å². The number of imide groups is 1. The van der Waals surface area contributed by atoms with E-state index >= 15 is 0 Å². The Kier molecular flexibility index (Phi) is 4.81. The van der Waals surface area contributed by atoms with Gasteiger partial charge in [-0.1, -0.05) is 56.0 Å². The van der Waals surface area contributed by atoms with Gasteiger partial charge in [-0.25, -0.2) is 9.69 Å². The monoisotopic (exact) mass is 354 g/mol. The highest BCUT2D eigenvalue weighted by Crippen LogP contribution is 2.32. The van der Waals surface area contributed by atoms with Crippen molar-refractivity contribution in [2.75, 3.05) is 19.8 Å². The standard InChI is InChI=1S/C21H27N3O2/c25-19-21(12-6-1-2-7-13-21)22-20(26)24(19)16-23-14-10-18(11-15-23)17-8-4-3-5-9-17/h3-5,8-10H,1-2,6-7,11-16H2,(H,22,26)/p+1. The lowest BCUT2D eigenvalue weighted by Crippen LogP contribution is -3.14. The molecule has 1 aromatic rings. The predicted molar refractivity (Wildman–Crippen MR) is 100 cm³/mol. The Morgan fingerprint density at radius 1 is 1.04 bits per heavy atom. The van der Waals surface area contributed by atoms with Crippen molar-refractivity contribution in [3.63, 3.8) is 0 Å². The van der Waals surface area contributed by atoms with Crippen molar-refractivity contribution >= 4 is 17.5 Å². The predicted octanol–water partition coefficient (Wildman–Crippen LogP) is 1.96. The van der Waals surface area contributed by atoms with Crippen LogP contribution in [0.4, 0.5) is 4.79 Å². The quantitative estimate of drug-likeness (QED) is 0.816. The van der Waals surface area contributed by atoms with Crippen molar-refractivity contribution in [1.29, 1.82) is 0 Å². The highest BCUT2D eigenvalue weighted by atomic mass is 16.2. The lowest BCUT2D eigenvalue weighted by Gasteiger charge is -2.28. The lowest BCUT2D eigenvalue weighted by atomic mass is 9.90. The van der Waals surface area contributed by atoms with Gasteiger partial charge < -0.3 is 10.2 Å². The maximum Gasteiger partial charge on any atom is 0.329 e. The molecule has 2 aliphatic heterocycles.